The summed E-state index contributed by atoms with van der Waals surface area (Å²) in [6.45, 7) is 0.572. The zero-order valence-corrected chi connectivity index (χ0v) is 15.1. The maximum absolute atomic E-state index is 12.1. The first-order valence-electron chi connectivity index (χ1n) is 8.05. The van der Waals surface area contributed by atoms with Gasteiger partial charge in [0.1, 0.15) is 6.07 Å². The van der Waals surface area contributed by atoms with E-state index in [4.69, 9.17) is 22.0 Å². The third-order valence-corrected chi connectivity index (χ3v) is 4.08. The van der Waals surface area contributed by atoms with Gasteiger partial charge in [0, 0.05) is 30.7 Å². The topological polar surface area (TPSA) is 134 Å². The second-order valence-electron chi connectivity index (χ2n) is 5.59. The molecule has 0 aliphatic heterocycles. The number of benzene rings is 1. The zero-order chi connectivity index (χ0) is 20.1. The van der Waals surface area contributed by atoms with E-state index in [1.54, 1.807) is 35.1 Å². The van der Waals surface area contributed by atoms with E-state index in [2.05, 4.69) is 20.4 Å². The summed E-state index contributed by atoms with van der Waals surface area (Å²) in [4.78, 5) is 30.7. The highest BCUT2D eigenvalue weighted by atomic mass is 35.5. The predicted molar refractivity (Wildman–Crippen MR) is 98.7 cm³/mol. The van der Waals surface area contributed by atoms with Gasteiger partial charge in [-0.25, -0.2) is 14.8 Å². The molecule has 0 aliphatic carbocycles. The molecule has 0 radical (unpaired) electrons. The fourth-order valence-corrected chi connectivity index (χ4v) is 2.66. The Labute approximate surface area is 164 Å². The van der Waals surface area contributed by atoms with Gasteiger partial charge >= 0.3 is 5.97 Å². The summed E-state index contributed by atoms with van der Waals surface area (Å²) >= 11 is 6.04. The lowest BCUT2D eigenvalue weighted by molar-refractivity contribution is 0.0683. The molecule has 2 N–H and O–H groups in total. The van der Waals surface area contributed by atoms with Gasteiger partial charge in [0.05, 0.1) is 22.8 Å². The summed E-state index contributed by atoms with van der Waals surface area (Å²) in [6, 6.07) is 8.82. The summed E-state index contributed by atoms with van der Waals surface area (Å²) in [5, 5.41) is 25.3. The molecular formula is C18H13ClN6O3. The molecule has 28 heavy (non-hydrogen) atoms. The minimum Gasteiger partial charge on any atom is -0.476 e. The molecule has 0 fully saturated rings. The van der Waals surface area contributed by atoms with Gasteiger partial charge in [0.15, 0.2) is 11.4 Å². The first-order chi connectivity index (χ1) is 13.5. The summed E-state index contributed by atoms with van der Waals surface area (Å²) in [7, 11) is 0. The van der Waals surface area contributed by atoms with Crippen LogP contribution in [0.15, 0.2) is 42.9 Å². The Morgan fingerprint density at radius 3 is 2.64 bits per heavy atom. The van der Waals surface area contributed by atoms with E-state index in [9.17, 15) is 9.59 Å². The van der Waals surface area contributed by atoms with Crippen LogP contribution in [-0.2, 0) is 6.54 Å². The van der Waals surface area contributed by atoms with Crippen molar-refractivity contribution in [2.45, 2.75) is 6.54 Å². The minimum atomic E-state index is -1.32. The molecule has 0 unspecified atom stereocenters. The number of amides is 1. The van der Waals surface area contributed by atoms with Crippen molar-refractivity contribution >= 4 is 23.5 Å². The van der Waals surface area contributed by atoms with E-state index < -0.39 is 17.6 Å². The summed E-state index contributed by atoms with van der Waals surface area (Å²) < 4.78 is 1.62. The van der Waals surface area contributed by atoms with Gasteiger partial charge in [0.25, 0.3) is 5.91 Å². The Morgan fingerprint density at radius 2 is 1.96 bits per heavy atom. The van der Waals surface area contributed by atoms with E-state index >= 15 is 0 Å². The SMILES string of the molecule is N#Cc1ccc(-c2ccn(CCNC(=O)c3nccnc3C(=O)O)n2)cc1Cl. The highest BCUT2D eigenvalue weighted by molar-refractivity contribution is 6.32. The molecule has 1 amide bonds. The van der Waals surface area contributed by atoms with Crippen LogP contribution in [0.5, 0.6) is 0 Å². The second-order valence-corrected chi connectivity index (χ2v) is 5.99. The molecule has 3 aromatic rings. The zero-order valence-electron chi connectivity index (χ0n) is 14.3. The molecule has 2 heterocycles. The van der Waals surface area contributed by atoms with Crippen LogP contribution < -0.4 is 5.32 Å². The molecule has 2 aromatic heterocycles. The number of hydrogen-bond acceptors (Lipinski definition) is 6. The Bertz CT molecular complexity index is 1090. The number of carboxylic acids is 1. The monoisotopic (exact) mass is 396 g/mol. The number of aromatic carboxylic acids is 1. The highest BCUT2D eigenvalue weighted by Gasteiger charge is 2.18. The van der Waals surface area contributed by atoms with Gasteiger partial charge in [-0.3, -0.25) is 9.48 Å². The molecule has 0 bridgehead atoms. The van der Waals surface area contributed by atoms with Crippen molar-refractivity contribution in [3.63, 3.8) is 0 Å². The van der Waals surface area contributed by atoms with Crippen LogP contribution in [0.3, 0.4) is 0 Å². The Hall–Kier alpha value is -3.77. The van der Waals surface area contributed by atoms with Gasteiger partial charge in [-0.05, 0) is 18.2 Å². The largest absolute Gasteiger partial charge is 0.476 e. The molecule has 1 aromatic carbocycles. The number of carboxylic acid groups (broad SMARTS) is 1. The summed E-state index contributed by atoms with van der Waals surface area (Å²) in [5.74, 6) is -1.95. The second kappa shape index (κ2) is 8.28. The third kappa shape index (κ3) is 4.13. The minimum absolute atomic E-state index is 0.212. The smallest absolute Gasteiger partial charge is 0.356 e. The fourth-order valence-electron chi connectivity index (χ4n) is 2.43. The van der Waals surface area contributed by atoms with Gasteiger partial charge in [-0.2, -0.15) is 10.4 Å². The lowest BCUT2D eigenvalue weighted by Gasteiger charge is -2.06. The Balaban J connectivity index is 1.62. The number of carbonyl (C=O) groups is 2. The lowest BCUT2D eigenvalue weighted by atomic mass is 10.1. The van der Waals surface area contributed by atoms with Gasteiger partial charge in [-0.1, -0.05) is 17.7 Å². The molecule has 0 aliphatic rings. The maximum Gasteiger partial charge on any atom is 0.356 e. The first kappa shape index (κ1) is 19.0. The Morgan fingerprint density at radius 1 is 1.21 bits per heavy atom. The fraction of sp³-hybridized carbons (Fsp3) is 0.111. The molecule has 10 heteroatoms. The van der Waals surface area contributed by atoms with Gasteiger partial charge in [-0.15, -0.1) is 0 Å². The van der Waals surface area contributed by atoms with Crippen LogP contribution in [0.4, 0.5) is 0 Å². The van der Waals surface area contributed by atoms with Crippen molar-refractivity contribution < 1.29 is 14.7 Å². The van der Waals surface area contributed by atoms with Crippen molar-refractivity contribution in [2.24, 2.45) is 0 Å². The molecule has 0 spiro atoms. The predicted octanol–water partition coefficient (Wildman–Crippen LogP) is 1.99. The van der Waals surface area contributed by atoms with Crippen LogP contribution in [-0.4, -0.2) is 43.3 Å². The van der Waals surface area contributed by atoms with Crippen molar-refractivity contribution in [3.8, 4) is 17.3 Å². The molecule has 9 nitrogen and oxygen atoms in total. The van der Waals surface area contributed by atoms with Crippen molar-refractivity contribution in [2.75, 3.05) is 6.54 Å². The van der Waals surface area contributed by atoms with Gasteiger partial charge in [0.2, 0.25) is 0 Å². The van der Waals surface area contributed by atoms with Crippen molar-refractivity contribution in [1.29, 1.82) is 5.26 Å². The van der Waals surface area contributed by atoms with E-state index in [0.29, 0.717) is 22.8 Å². The maximum atomic E-state index is 12.1. The molecule has 0 saturated heterocycles. The number of nitrogens with one attached hydrogen (secondary N) is 1. The van der Waals surface area contributed by atoms with E-state index in [0.717, 1.165) is 5.56 Å². The van der Waals surface area contributed by atoms with Crippen LogP contribution in [0.1, 0.15) is 26.5 Å². The molecule has 0 atom stereocenters. The van der Waals surface area contributed by atoms with Crippen LogP contribution in [0, 0.1) is 11.3 Å². The molecule has 140 valence electrons. The average molecular weight is 397 g/mol. The number of aromatic nitrogens is 4. The molecule has 3 rings (SSSR count). The van der Waals surface area contributed by atoms with E-state index in [-0.39, 0.29) is 12.2 Å². The number of nitriles is 1. The number of rotatable bonds is 6. The summed E-state index contributed by atoms with van der Waals surface area (Å²) in [5.41, 5.74) is 1.16. The number of nitrogens with zero attached hydrogens (tertiary/aromatic N) is 5. The van der Waals surface area contributed by atoms with E-state index in [1.165, 1.54) is 12.4 Å². The normalized spacial score (nSPS) is 10.3. The first-order valence-corrected chi connectivity index (χ1v) is 8.43. The lowest BCUT2D eigenvalue weighted by Crippen LogP contribution is -2.30. The van der Waals surface area contributed by atoms with Gasteiger partial charge < -0.3 is 10.4 Å². The van der Waals surface area contributed by atoms with Crippen LogP contribution in [0.2, 0.25) is 5.02 Å². The summed E-state index contributed by atoms with van der Waals surface area (Å²) in [6.07, 6.45) is 4.20. The van der Waals surface area contributed by atoms with Crippen molar-refractivity contribution in [3.05, 3.63) is 64.8 Å². The average Bonchev–Trinajstić information content (AvgIpc) is 3.16. The third-order valence-electron chi connectivity index (χ3n) is 3.77. The number of hydrogen-bond donors (Lipinski definition) is 2. The number of carbonyl (C=O) groups excluding carboxylic acids is 1. The molecular weight excluding hydrogens is 384 g/mol. The Kier molecular flexibility index (Phi) is 5.62. The van der Waals surface area contributed by atoms with Crippen LogP contribution in [0.25, 0.3) is 11.3 Å². The quantitative estimate of drug-likeness (QED) is 0.650. The van der Waals surface area contributed by atoms with E-state index in [1.807, 2.05) is 6.07 Å². The van der Waals surface area contributed by atoms with Crippen molar-refractivity contribution in [1.82, 2.24) is 25.1 Å². The molecule has 0 saturated carbocycles. The highest BCUT2D eigenvalue weighted by Crippen LogP contribution is 2.24. The standard InChI is InChI=1S/C18H13ClN6O3/c19-13-9-11(1-2-12(13)10-20)14-3-7-25(24-14)8-6-23-17(26)15-16(18(27)28)22-5-4-21-15/h1-5,7,9H,6,8H2,(H,23,26)(H,27,28). The van der Waals surface area contributed by atoms with Crippen LogP contribution >= 0.6 is 11.6 Å². The number of halogens is 1.